The highest BCUT2D eigenvalue weighted by Crippen LogP contribution is 2.39. The van der Waals surface area contributed by atoms with Gasteiger partial charge in [0.1, 0.15) is 0 Å². The average molecular weight is 262 g/mol. The summed E-state index contributed by atoms with van der Waals surface area (Å²) in [4.78, 5) is 0. The predicted molar refractivity (Wildman–Crippen MR) is 79.7 cm³/mol. The van der Waals surface area contributed by atoms with E-state index in [2.05, 4.69) is 18.3 Å². The Labute approximate surface area is 119 Å². The number of unbranched alkanes of at least 4 members (excludes halogenated alkanes) is 1. The lowest BCUT2D eigenvalue weighted by atomic mass is 9.70. The summed E-state index contributed by atoms with van der Waals surface area (Å²) in [6.45, 7) is 3.47. The van der Waals surface area contributed by atoms with Crippen LogP contribution in [0.1, 0.15) is 71.1 Å². The molecule has 2 aliphatic rings. The second-order valence-electron chi connectivity index (χ2n) is 6.66. The van der Waals surface area contributed by atoms with Gasteiger partial charge in [-0.05, 0) is 76.2 Å². The third kappa shape index (κ3) is 4.49. The summed E-state index contributed by atoms with van der Waals surface area (Å²) in [6.07, 6.45) is 13.2. The van der Waals surface area contributed by atoms with Gasteiger partial charge in [-0.25, -0.2) is 0 Å². The monoisotopic (exact) mass is 262 g/mol. The van der Waals surface area contributed by atoms with E-state index in [4.69, 9.17) is 5.26 Å². The lowest BCUT2D eigenvalue weighted by molar-refractivity contribution is 0.165. The van der Waals surface area contributed by atoms with Gasteiger partial charge in [0.2, 0.25) is 0 Å². The molecule has 2 fully saturated rings. The first-order valence-corrected chi connectivity index (χ1v) is 8.46. The number of nitriles is 1. The molecule has 0 amide bonds. The number of hydrogen-bond acceptors (Lipinski definition) is 2. The van der Waals surface area contributed by atoms with Crippen molar-refractivity contribution in [1.82, 2.24) is 5.32 Å². The van der Waals surface area contributed by atoms with E-state index in [-0.39, 0.29) is 0 Å². The summed E-state index contributed by atoms with van der Waals surface area (Å²) in [6, 6.07) is 3.24. The zero-order valence-corrected chi connectivity index (χ0v) is 12.5. The summed E-state index contributed by atoms with van der Waals surface area (Å²) in [5.41, 5.74) is 0. The summed E-state index contributed by atoms with van der Waals surface area (Å²) in [7, 11) is 0. The second kappa shape index (κ2) is 7.90. The normalized spacial score (nSPS) is 35.8. The molecule has 0 heterocycles. The van der Waals surface area contributed by atoms with Gasteiger partial charge < -0.3 is 5.32 Å². The fourth-order valence-electron chi connectivity index (χ4n) is 4.00. The smallest absolute Gasteiger partial charge is 0.0655 e. The van der Waals surface area contributed by atoms with Gasteiger partial charge in [0.15, 0.2) is 0 Å². The van der Waals surface area contributed by atoms with Crippen LogP contribution < -0.4 is 5.32 Å². The fourth-order valence-corrected chi connectivity index (χ4v) is 4.00. The molecule has 2 nitrogen and oxygen atoms in total. The maximum atomic E-state index is 8.97. The molecule has 0 radical (unpaired) electrons. The van der Waals surface area contributed by atoms with Crippen LogP contribution in [-0.2, 0) is 0 Å². The summed E-state index contributed by atoms with van der Waals surface area (Å²) >= 11 is 0. The van der Waals surface area contributed by atoms with Gasteiger partial charge in [0.05, 0.1) is 6.07 Å². The molecule has 0 aliphatic heterocycles. The average Bonchev–Trinajstić information content (AvgIpc) is 2.48. The van der Waals surface area contributed by atoms with Crippen molar-refractivity contribution < 1.29 is 0 Å². The van der Waals surface area contributed by atoms with Crippen molar-refractivity contribution >= 4 is 0 Å². The van der Waals surface area contributed by atoms with Crippen LogP contribution in [0.25, 0.3) is 0 Å². The fraction of sp³-hybridized carbons (Fsp3) is 0.941. The molecule has 0 spiro atoms. The van der Waals surface area contributed by atoms with Crippen molar-refractivity contribution in [2.24, 2.45) is 17.8 Å². The minimum Gasteiger partial charge on any atom is -0.314 e. The molecule has 0 aromatic carbocycles. The largest absolute Gasteiger partial charge is 0.314 e. The van der Waals surface area contributed by atoms with Gasteiger partial charge in [-0.3, -0.25) is 0 Å². The van der Waals surface area contributed by atoms with Crippen LogP contribution >= 0.6 is 0 Å². The molecule has 0 aromatic heterocycles. The van der Waals surface area contributed by atoms with Crippen LogP contribution in [0.5, 0.6) is 0 Å². The minimum atomic E-state index is 0.364. The highest BCUT2D eigenvalue weighted by atomic mass is 14.9. The van der Waals surface area contributed by atoms with E-state index in [1.54, 1.807) is 0 Å². The summed E-state index contributed by atoms with van der Waals surface area (Å²) < 4.78 is 0. The molecule has 2 rings (SSSR count). The zero-order valence-electron chi connectivity index (χ0n) is 12.5. The van der Waals surface area contributed by atoms with E-state index < -0.39 is 0 Å². The number of hydrogen-bond donors (Lipinski definition) is 1. The molecule has 2 saturated carbocycles. The Balaban J connectivity index is 1.65. The van der Waals surface area contributed by atoms with Crippen LogP contribution in [0.3, 0.4) is 0 Å². The molecular weight excluding hydrogens is 232 g/mol. The Morgan fingerprint density at radius 2 is 1.53 bits per heavy atom. The quantitative estimate of drug-likeness (QED) is 0.751. The van der Waals surface area contributed by atoms with E-state index in [0.717, 1.165) is 30.7 Å². The minimum absolute atomic E-state index is 0.364. The lowest BCUT2D eigenvalue weighted by Crippen LogP contribution is -2.35. The molecule has 1 N–H and O–H groups in total. The van der Waals surface area contributed by atoms with E-state index in [9.17, 15) is 0 Å². The van der Waals surface area contributed by atoms with Crippen molar-refractivity contribution in [2.45, 2.75) is 77.2 Å². The Kier molecular flexibility index (Phi) is 6.17. The van der Waals surface area contributed by atoms with E-state index in [1.165, 1.54) is 57.9 Å². The Hall–Kier alpha value is -0.550. The molecule has 2 heteroatoms. The van der Waals surface area contributed by atoms with E-state index in [1.807, 2.05) is 0 Å². The number of nitrogens with zero attached hydrogens (tertiary/aromatic N) is 1. The van der Waals surface area contributed by atoms with Crippen molar-refractivity contribution in [3.05, 3.63) is 0 Å². The lowest BCUT2D eigenvalue weighted by Gasteiger charge is -2.37. The van der Waals surface area contributed by atoms with Gasteiger partial charge >= 0.3 is 0 Å². The van der Waals surface area contributed by atoms with Gasteiger partial charge in [-0.15, -0.1) is 0 Å². The van der Waals surface area contributed by atoms with Crippen molar-refractivity contribution in [1.29, 1.82) is 5.26 Å². The van der Waals surface area contributed by atoms with Gasteiger partial charge in [-0.1, -0.05) is 13.3 Å². The van der Waals surface area contributed by atoms with Crippen LogP contribution in [0.15, 0.2) is 0 Å². The number of nitrogens with one attached hydrogen (secondary N) is 1. The Bertz CT molecular complexity index is 278. The van der Waals surface area contributed by atoms with Crippen LogP contribution in [0.4, 0.5) is 0 Å². The zero-order chi connectivity index (χ0) is 13.5. The molecule has 0 unspecified atom stereocenters. The molecule has 0 saturated heterocycles. The standard InChI is InChI=1S/C17H30N2/c1-2-3-12-19-17-10-8-16(9-11-17)15-6-4-14(13-18)5-7-15/h14-17,19H,2-12H2,1H3. The van der Waals surface area contributed by atoms with Gasteiger partial charge in [0.25, 0.3) is 0 Å². The third-order valence-electron chi connectivity index (χ3n) is 5.36. The highest BCUT2D eigenvalue weighted by Gasteiger charge is 2.30. The Morgan fingerprint density at radius 1 is 0.947 bits per heavy atom. The van der Waals surface area contributed by atoms with Crippen molar-refractivity contribution in [3.63, 3.8) is 0 Å². The van der Waals surface area contributed by atoms with Crippen LogP contribution in [0.2, 0.25) is 0 Å². The van der Waals surface area contributed by atoms with Gasteiger partial charge in [0, 0.05) is 12.0 Å². The van der Waals surface area contributed by atoms with Crippen molar-refractivity contribution in [2.75, 3.05) is 6.54 Å². The van der Waals surface area contributed by atoms with E-state index >= 15 is 0 Å². The summed E-state index contributed by atoms with van der Waals surface area (Å²) in [5.74, 6) is 2.26. The third-order valence-corrected chi connectivity index (χ3v) is 5.36. The molecule has 19 heavy (non-hydrogen) atoms. The first kappa shape index (κ1) is 14.9. The first-order chi connectivity index (χ1) is 9.33. The van der Waals surface area contributed by atoms with Crippen LogP contribution in [0, 0.1) is 29.1 Å². The van der Waals surface area contributed by atoms with Crippen molar-refractivity contribution in [3.8, 4) is 6.07 Å². The number of rotatable bonds is 5. The molecule has 0 aromatic rings. The van der Waals surface area contributed by atoms with Gasteiger partial charge in [-0.2, -0.15) is 5.26 Å². The topological polar surface area (TPSA) is 35.8 Å². The maximum absolute atomic E-state index is 8.97. The van der Waals surface area contributed by atoms with Crippen LogP contribution in [-0.4, -0.2) is 12.6 Å². The molecule has 108 valence electrons. The molecule has 2 aliphatic carbocycles. The molecule has 0 bridgehead atoms. The molecular formula is C17H30N2. The SMILES string of the molecule is CCCCNC1CCC(C2CCC(C#N)CC2)CC1. The highest BCUT2D eigenvalue weighted by molar-refractivity contribution is 4.90. The maximum Gasteiger partial charge on any atom is 0.0655 e. The Morgan fingerprint density at radius 3 is 2.05 bits per heavy atom. The second-order valence-corrected chi connectivity index (χ2v) is 6.66. The predicted octanol–water partition coefficient (Wildman–Crippen LogP) is 4.26. The first-order valence-electron chi connectivity index (χ1n) is 8.46. The van der Waals surface area contributed by atoms with E-state index in [0.29, 0.717) is 5.92 Å². The summed E-state index contributed by atoms with van der Waals surface area (Å²) in [5, 5.41) is 12.7. The molecule has 0 atom stereocenters.